The Labute approximate surface area is 142 Å². The SMILES string of the molecule is COc1cc(OC)nc(NC(=O)NS(=O)(=O)c2ncccc2Cl)n1. The zero-order valence-electron chi connectivity index (χ0n) is 12.5. The quantitative estimate of drug-likeness (QED) is 0.794. The fourth-order valence-electron chi connectivity index (χ4n) is 1.54. The van der Waals surface area contributed by atoms with Gasteiger partial charge in [0.25, 0.3) is 10.0 Å². The minimum Gasteiger partial charge on any atom is -0.481 e. The first-order valence-corrected chi connectivity index (χ1v) is 8.13. The molecular weight excluding hydrogens is 362 g/mol. The maximum atomic E-state index is 12.1. The normalized spacial score (nSPS) is 10.8. The molecule has 0 aromatic carbocycles. The van der Waals surface area contributed by atoms with E-state index < -0.39 is 21.1 Å². The Bertz CT molecular complexity index is 838. The van der Waals surface area contributed by atoms with Crippen LogP contribution in [0.5, 0.6) is 11.8 Å². The van der Waals surface area contributed by atoms with Gasteiger partial charge >= 0.3 is 6.03 Å². The van der Waals surface area contributed by atoms with E-state index in [1.54, 1.807) is 4.72 Å². The topological polar surface area (TPSA) is 132 Å². The fraction of sp³-hybridized carbons (Fsp3) is 0.167. The Morgan fingerprint density at radius 2 is 1.83 bits per heavy atom. The van der Waals surface area contributed by atoms with Crippen molar-refractivity contribution >= 4 is 33.6 Å². The molecule has 0 aliphatic carbocycles. The number of amides is 2. The number of methoxy groups -OCH3 is 2. The Morgan fingerprint density at radius 1 is 1.21 bits per heavy atom. The molecule has 0 unspecified atom stereocenters. The lowest BCUT2D eigenvalue weighted by atomic mass is 10.5. The van der Waals surface area contributed by atoms with Crippen LogP contribution in [0, 0.1) is 0 Å². The van der Waals surface area contributed by atoms with Crippen molar-refractivity contribution in [1.82, 2.24) is 19.7 Å². The molecule has 2 aromatic heterocycles. The summed E-state index contributed by atoms with van der Waals surface area (Å²) < 4.78 is 35.8. The van der Waals surface area contributed by atoms with Crippen LogP contribution in [0.25, 0.3) is 0 Å². The van der Waals surface area contributed by atoms with Crippen molar-refractivity contribution in [2.24, 2.45) is 0 Å². The molecule has 0 atom stereocenters. The van der Waals surface area contributed by atoms with Gasteiger partial charge in [-0.05, 0) is 12.1 Å². The number of pyridine rings is 1. The summed E-state index contributed by atoms with van der Waals surface area (Å²) in [5.41, 5.74) is 0. The Balaban J connectivity index is 2.18. The molecule has 0 radical (unpaired) electrons. The Kier molecular flexibility index (Phi) is 5.36. The van der Waals surface area contributed by atoms with Crippen LogP contribution in [0.1, 0.15) is 0 Å². The number of rotatable bonds is 5. The summed E-state index contributed by atoms with van der Waals surface area (Å²) in [4.78, 5) is 23.2. The number of hydrogen-bond acceptors (Lipinski definition) is 8. The van der Waals surface area contributed by atoms with Gasteiger partial charge in [-0.2, -0.15) is 18.4 Å². The van der Waals surface area contributed by atoms with E-state index in [1.807, 2.05) is 0 Å². The van der Waals surface area contributed by atoms with Crippen LogP contribution in [0.2, 0.25) is 5.02 Å². The highest BCUT2D eigenvalue weighted by atomic mass is 35.5. The molecule has 0 aliphatic heterocycles. The summed E-state index contributed by atoms with van der Waals surface area (Å²) in [6, 6.07) is 3.06. The number of nitrogens with one attached hydrogen (secondary N) is 2. The number of urea groups is 1. The van der Waals surface area contributed by atoms with E-state index in [4.69, 9.17) is 21.1 Å². The average molecular weight is 374 g/mol. The molecule has 0 saturated carbocycles. The lowest BCUT2D eigenvalue weighted by Gasteiger charge is -2.09. The third-order valence-electron chi connectivity index (χ3n) is 2.53. The van der Waals surface area contributed by atoms with Gasteiger partial charge in [0.05, 0.1) is 25.3 Å². The van der Waals surface area contributed by atoms with Crippen LogP contribution < -0.4 is 19.5 Å². The molecule has 0 aliphatic rings. The van der Waals surface area contributed by atoms with Crippen LogP contribution >= 0.6 is 11.6 Å². The van der Waals surface area contributed by atoms with Crippen molar-refractivity contribution in [3.8, 4) is 11.8 Å². The van der Waals surface area contributed by atoms with Gasteiger partial charge in [0.1, 0.15) is 0 Å². The molecular formula is C12H12ClN5O5S. The van der Waals surface area contributed by atoms with Gasteiger partial charge in [0.2, 0.25) is 17.7 Å². The van der Waals surface area contributed by atoms with E-state index in [9.17, 15) is 13.2 Å². The summed E-state index contributed by atoms with van der Waals surface area (Å²) in [7, 11) is -1.54. The molecule has 2 N–H and O–H groups in total. The summed E-state index contributed by atoms with van der Waals surface area (Å²) in [6.07, 6.45) is 1.23. The molecule has 0 fully saturated rings. The number of carbonyl (C=O) groups is 1. The van der Waals surface area contributed by atoms with Crippen molar-refractivity contribution in [3.63, 3.8) is 0 Å². The van der Waals surface area contributed by atoms with E-state index in [1.165, 1.54) is 38.6 Å². The number of halogens is 1. The predicted molar refractivity (Wildman–Crippen MR) is 83.7 cm³/mol. The second-order valence-electron chi connectivity index (χ2n) is 4.13. The van der Waals surface area contributed by atoms with Crippen molar-refractivity contribution < 1.29 is 22.7 Å². The second-order valence-corrected chi connectivity index (χ2v) is 6.13. The highest BCUT2D eigenvalue weighted by molar-refractivity contribution is 7.90. The molecule has 24 heavy (non-hydrogen) atoms. The van der Waals surface area contributed by atoms with E-state index in [2.05, 4.69) is 20.3 Å². The zero-order chi connectivity index (χ0) is 17.7. The van der Waals surface area contributed by atoms with Crippen molar-refractivity contribution in [2.45, 2.75) is 5.03 Å². The number of carbonyl (C=O) groups excluding carboxylic acids is 1. The summed E-state index contributed by atoms with van der Waals surface area (Å²) in [5.74, 6) is 0.0200. The molecule has 12 heteroatoms. The molecule has 2 amide bonds. The van der Waals surface area contributed by atoms with Crippen molar-refractivity contribution in [2.75, 3.05) is 19.5 Å². The molecule has 2 aromatic rings. The van der Waals surface area contributed by atoms with Crippen molar-refractivity contribution in [1.29, 1.82) is 0 Å². The number of nitrogens with zero attached hydrogens (tertiary/aromatic N) is 3. The molecule has 2 rings (SSSR count). The van der Waals surface area contributed by atoms with Gasteiger partial charge in [0, 0.05) is 6.20 Å². The third-order valence-corrected chi connectivity index (χ3v) is 4.23. The first-order valence-electron chi connectivity index (χ1n) is 6.27. The predicted octanol–water partition coefficient (Wildman–Crippen LogP) is 1.05. The molecule has 128 valence electrons. The van der Waals surface area contributed by atoms with Gasteiger partial charge in [0.15, 0.2) is 5.03 Å². The second kappa shape index (κ2) is 7.27. The monoisotopic (exact) mass is 373 g/mol. The van der Waals surface area contributed by atoms with Crippen LogP contribution in [-0.4, -0.2) is 43.6 Å². The fourth-order valence-corrected chi connectivity index (χ4v) is 2.88. The Morgan fingerprint density at radius 3 is 2.38 bits per heavy atom. The van der Waals surface area contributed by atoms with Gasteiger partial charge in [-0.3, -0.25) is 5.32 Å². The minimum absolute atomic E-state index is 0.118. The number of anilines is 1. The van der Waals surface area contributed by atoms with Crippen LogP contribution in [0.15, 0.2) is 29.4 Å². The van der Waals surface area contributed by atoms with E-state index >= 15 is 0 Å². The standard InChI is InChI=1S/C12H12ClN5O5S/c1-22-8-6-9(23-2)16-11(15-8)17-12(19)18-24(20,21)10-7(13)4-3-5-14-10/h3-6H,1-2H3,(H2,15,16,17,18,19). The molecule has 0 spiro atoms. The number of sulfonamides is 1. The first-order chi connectivity index (χ1) is 11.4. The highest BCUT2D eigenvalue weighted by Crippen LogP contribution is 2.19. The van der Waals surface area contributed by atoms with Gasteiger partial charge in [-0.15, -0.1) is 0 Å². The zero-order valence-corrected chi connectivity index (χ0v) is 14.1. The van der Waals surface area contributed by atoms with Gasteiger partial charge in [-0.25, -0.2) is 14.5 Å². The van der Waals surface area contributed by atoms with Crippen LogP contribution in [-0.2, 0) is 10.0 Å². The molecule has 2 heterocycles. The number of aromatic nitrogens is 3. The van der Waals surface area contributed by atoms with E-state index in [-0.39, 0.29) is 22.7 Å². The lowest BCUT2D eigenvalue weighted by molar-refractivity contribution is 0.256. The number of ether oxygens (including phenoxy) is 2. The molecule has 10 nitrogen and oxygen atoms in total. The van der Waals surface area contributed by atoms with E-state index in [0.29, 0.717) is 0 Å². The number of hydrogen-bond donors (Lipinski definition) is 2. The first kappa shape index (κ1) is 17.7. The summed E-state index contributed by atoms with van der Waals surface area (Å²) in [6.45, 7) is 0. The maximum Gasteiger partial charge on any atom is 0.335 e. The Hall–Kier alpha value is -2.66. The average Bonchev–Trinajstić information content (AvgIpc) is 2.53. The maximum absolute atomic E-state index is 12.1. The largest absolute Gasteiger partial charge is 0.481 e. The summed E-state index contributed by atoms with van der Waals surface area (Å²) >= 11 is 5.76. The lowest BCUT2D eigenvalue weighted by Crippen LogP contribution is -2.35. The van der Waals surface area contributed by atoms with Gasteiger partial charge in [-0.1, -0.05) is 11.6 Å². The van der Waals surface area contributed by atoms with E-state index in [0.717, 1.165) is 0 Å². The third kappa shape index (κ3) is 4.20. The van der Waals surface area contributed by atoms with Crippen molar-refractivity contribution in [3.05, 3.63) is 29.4 Å². The minimum atomic E-state index is -4.26. The summed E-state index contributed by atoms with van der Waals surface area (Å²) in [5, 5.41) is 1.55. The smallest absolute Gasteiger partial charge is 0.335 e. The van der Waals surface area contributed by atoms with Crippen LogP contribution in [0.3, 0.4) is 0 Å². The van der Waals surface area contributed by atoms with Gasteiger partial charge < -0.3 is 9.47 Å². The van der Waals surface area contributed by atoms with Crippen LogP contribution in [0.4, 0.5) is 10.7 Å². The molecule has 0 bridgehead atoms. The highest BCUT2D eigenvalue weighted by Gasteiger charge is 2.22. The molecule has 0 saturated heterocycles.